The zero-order valence-electron chi connectivity index (χ0n) is 14.4. The molecule has 0 aliphatic rings. The zero-order valence-corrected chi connectivity index (χ0v) is 15.3. The van der Waals surface area contributed by atoms with Gasteiger partial charge < -0.3 is 5.73 Å². The molecule has 0 aromatic heterocycles. The van der Waals surface area contributed by atoms with Crippen LogP contribution in [0.4, 0.5) is 5.69 Å². The molecule has 26 heavy (non-hydrogen) atoms. The van der Waals surface area contributed by atoms with Crippen LogP contribution in [-0.4, -0.2) is 0 Å². The number of nitrogen functional groups attached to an aromatic ring is 1. The molecule has 0 bridgehead atoms. The monoisotopic (exact) mass is 353 g/mol. The lowest BCUT2D eigenvalue weighted by Gasteiger charge is -2.22. The van der Waals surface area contributed by atoms with Crippen molar-refractivity contribution in [3.63, 3.8) is 0 Å². The Morgan fingerprint density at radius 2 is 1.00 bits per heavy atom. The van der Waals surface area contributed by atoms with Crippen molar-refractivity contribution < 1.29 is 0 Å². The van der Waals surface area contributed by atoms with Crippen LogP contribution in [0.2, 0.25) is 0 Å². The van der Waals surface area contributed by atoms with Crippen LogP contribution in [0.5, 0.6) is 0 Å². The fourth-order valence-corrected chi connectivity index (χ4v) is 5.59. The molecule has 4 aromatic rings. The highest BCUT2D eigenvalue weighted by Gasteiger charge is 2.20. The summed E-state index contributed by atoms with van der Waals surface area (Å²) in [7, 11) is -0.698. The SMILES string of the molecule is Nc1c(-c2ccccc2)cccc1P(c1ccccc1)c1ccccc1. The summed E-state index contributed by atoms with van der Waals surface area (Å²) in [6.07, 6.45) is 0. The van der Waals surface area contributed by atoms with Gasteiger partial charge in [-0.15, -0.1) is 0 Å². The van der Waals surface area contributed by atoms with Crippen molar-refractivity contribution in [3.05, 3.63) is 109 Å². The lowest BCUT2D eigenvalue weighted by molar-refractivity contribution is 1.63. The highest BCUT2D eigenvalue weighted by molar-refractivity contribution is 7.80. The van der Waals surface area contributed by atoms with Crippen molar-refractivity contribution in [3.8, 4) is 11.1 Å². The van der Waals surface area contributed by atoms with Crippen LogP contribution < -0.4 is 21.6 Å². The molecule has 2 heteroatoms. The molecule has 0 aliphatic heterocycles. The van der Waals surface area contributed by atoms with Crippen LogP contribution in [0.25, 0.3) is 11.1 Å². The van der Waals surface area contributed by atoms with Crippen LogP contribution in [0.15, 0.2) is 109 Å². The second-order valence-corrected chi connectivity index (χ2v) is 8.30. The largest absolute Gasteiger partial charge is 0.398 e. The Morgan fingerprint density at radius 1 is 0.500 bits per heavy atom. The Morgan fingerprint density at radius 3 is 1.54 bits per heavy atom. The Bertz CT molecular complexity index is 943. The first kappa shape index (κ1) is 16.6. The average molecular weight is 353 g/mol. The lowest BCUT2D eigenvalue weighted by atomic mass is 10.0. The summed E-state index contributed by atoms with van der Waals surface area (Å²) < 4.78 is 0. The van der Waals surface area contributed by atoms with Gasteiger partial charge in [-0.25, -0.2) is 0 Å². The Labute approximate surface area is 155 Å². The van der Waals surface area contributed by atoms with Crippen LogP contribution >= 0.6 is 7.92 Å². The molecule has 0 amide bonds. The molecular weight excluding hydrogens is 333 g/mol. The first-order chi connectivity index (χ1) is 12.8. The van der Waals surface area contributed by atoms with E-state index in [1.54, 1.807) is 0 Å². The Kier molecular flexibility index (Phi) is 4.82. The molecule has 4 rings (SSSR count). The van der Waals surface area contributed by atoms with Gasteiger partial charge in [0.2, 0.25) is 0 Å². The summed E-state index contributed by atoms with van der Waals surface area (Å²) in [6.45, 7) is 0. The van der Waals surface area contributed by atoms with E-state index in [9.17, 15) is 0 Å². The fourth-order valence-electron chi connectivity index (χ4n) is 3.20. The first-order valence-electron chi connectivity index (χ1n) is 8.69. The van der Waals surface area contributed by atoms with E-state index in [1.165, 1.54) is 15.9 Å². The maximum absolute atomic E-state index is 6.71. The summed E-state index contributed by atoms with van der Waals surface area (Å²) in [4.78, 5) is 0. The molecular formula is C24H20NP. The Balaban J connectivity index is 1.90. The van der Waals surface area contributed by atoms with Crippen molar-refractivity contribution in [1.29, 1.82) is 0 Å². The maximum atomic E-state index is 6.71. The van der Waals surface area contributed by atoms with E-state index < -0.39 is 7.92 Å². The molecule has 0 atom stereocenters. The first-order valence-corrected chi connectivity index (χ1v) is 10.0. The molecule has 0 saturated carbocycles. The van der Waals surface area contributed by atoms with Gasteiger partial charge in [0.1, 0.15) is 0 Å². The molecule has 0 aliphatic carbocycles. The number of benzene rings is 4. The molecule has 126 valence electrons. The van der Waals surface area contributed by atoms with Crippen molar-refractivity contribution >= 4 is 29.5 Å². The van der Waals surface area contributed by atoms with Gasteiger partial charge in [0.15, 0.2) is 0 Å². The molecule has 0 radical (unpaired) electrons. The summed E-state index contributed by atoms with van der Waals surface area (Å²) in [5.74, 6) is 0. The number of rotatable bonds is 4. The predicted octanol–water partition coefficient (Wildman–Crippen LogP) is 4.69. The van der Waals surface area contributed by atoms with E-state index in [1.807, 2.05) is 6.07 Å². The highest BCUT2D eigenvalue weighted by Crippen LogP contribution is 2.37. The Hall–Kier alpha value is -2.89. The van der Waals surface area contributed by atoms with Crippen LogP contribution in [-0.2, 0) is 0 Å². The predicted molar refractivity (Wildman–Crippen MR) is 115 cm³/mol. The van der Waals surface area contributed by atoms with E-state index in [2.05, 4.69) is 103 Å². The van der Waals surface area contributed by atoms with Gasteiger partial charge in [-0.1, -0.05) is 109 Å². The minimum atomic E-state index is -0.698. The fraction of sp³-hybridized carbons (Fsp3) is 0. The molecule has 4 aromatic carbocycles. The second kappa shape index (κ2) is 7.56. The van der Waals surface area contributed by atoms with Gasteiger partial charge in [0.05, 0.1) is 0 Å². The third kappa shape index (κ3) is 3.27. The molecule has 0 saturated heterocycles. The maximum Gasteiger partial charge on any atom is 0.0478 e. The van der Waals surface area contributed by atoms with Gasteiger partial charge >= 0.3 is 0 Å². The van der Waals surface area contributed by atoms with E-state index in [4.69, 9.17) is 5.73 Å². The van der Waals surface area contributed by atoms with Crippen LogP contribution in [0.3, 0.4) is 0 Å². The number of anilines is 1. The van der Waals surface area contributed by atoms with E-state index in [0.717, 1.165) is 16.8 Å². The van der Waals surface area contributed by atoms with Gasteiger partial charge in [-0.2, -0.15) is 0 Å². The van der Waals surface area contributed by atoms with Crippen LogP contribution in [0.1, 0.15) is 0 Å². The number of hydrogen-bond donors (Lipinski definition) is 1. The molecule has 0 spiro atoms. The minimum Gasteiger partial charge on any atom is -0.398 e. The van der Waals surface area contributed by atoms with Gasteiger partial charge in [-0.3, -0.25) is 0 Å². The normalized spacial score (nSPS) is 10.8. The van der Waals surface area contributed by atoms with Crippen molar-refractivity contribution in [2.75, 3.05) is 5.73 Å². The molecule has 0 fully saturated rings. The summed E-state index contributed by atoms with van der Waals surface area (Å²) in [6, 6.07) is 38.1. The van der Waals surface area contributed by atoms with Crippen molar-refractivity contribution in [2.24, 2.45) is 0 Å². The number of nitrogens with two attached hydrogens (primary N) is 1. The van der Waals surface area contributed by atoms with Crippen molar-refractivity contribution in [1.82, 2.24) is 0 Å². The van der Waals surface area contributed by atoms with Gasteiger partial charge in [0.25, 0.3) is 0 Å². The summed E-state index contributed by atoms with van der Waals surface area (Å²) in [5, 5.41) is 3.83. The van der Waals surface area contributed by atoms with E-state index >= 15 is 0 Å². The quantitative estimate of drug-likeness (QED) is 0.418. The molecule has 2 N–H and O–H groups in total. The number of para-hydroxylation sites is 1. The zero-order chi connectivity index (χ0) is 17.8. The highest BCUT2D eigenvalue weighted by atomic mass is 31.1. The average Bonchev–Trinajstić information content (AvgIpc) is 2.72. The summed E-state index contributed by atoms with van der Waals surface area (Å²) >= 11 is 0. The van der Waals surface area contributed by atoms with Crippen molar-refractivity contribution in [2.45, 2.75) is 0 Å². The smallest absolute Gasteiger partial charge is 0.0478 e. The minimum absolute atomic E-state index is 0.698. The lowest BCUT2D eigenvalue weighted by Crippen LogP contribution is -2.23. The van der Waals surface area contributed by atoms with E-state index in [0.29, 0.717) is 0 Å². The molecule has 1 nitrogen and oxygen atoms in total. The molecule has 0 heterocycles. The van der Waals surface area contributed by atoms with Crippen LogP contribution in [0, 0.1) is 0 Å². The number of hydrogen-bond acceptors (Lipinski definition) is 1. The van der Waals surface area contributed by atoms with Gasteiger partial charge in [0, 0.05) is 16.6 Å². The second-order valence-electron chi connectivity index (χ2n) is 6.11. The van der Waals surface area contributed by atoms with Gasteiger partial charge in [-0.05, 0) is 24.1 Å². The third-order valence-electron chi connectivity index (χ3n) is 4.44. The molecule has 0 unspecified atom stereocenters. The van der Waals surface area contributed by atoms with E-state index in [-0.39, 0.29) is 0 Å². The standard InChI is InChI=1S/C24H20NP/c25-24-22(19-11-4-1-5-12-19)17-10-18-23(24)26(20-13-6-2-7-14-20)21-15-8-3-9-16-21/h1-18H,25H2. The topological polar surface area (TPSA) is 26.0 Å². The summed E-state index contributed by atoms with van der Waals surface area (Å²) in [5.41, 5.74) is 9.83. The third-order valence-corrected chi connectivity index (χ3v) is 6.94.